The highest BCUT2D eigenvalue weighted by atomic mass is 16.3. The Balaban J connectivity index is 2.71. The number of likely N-dealkylation sites (N-methyl/N-ethyl adjacent to an activating group) is 1. The Morgan fingerprint density at radius 3 is 2.63 bits per heavy atom. The van der Waals surface area contributed by atoms with Crippen molar-refractivity contribution in [1.82, 2.24) is 4.90 Å². The van der Waals surface area contributed by atoms with Crippen molar-refractivity contribution in [1.29, 1.82) is 0 Å². The van der Waals surface area contributed by atoms with Crippen molar-refractivity contribution < 1.29 is 9.90 Å². The lowest BCUT2D eigenvalue weighted by Gasteiger charge is -2.28. The molecule has 0 aliphatic rings. The van der Waals surface area contributed by atoms with E-state index in [0.29, 0.717) is 6.54 Å². The molecular formula is C15H24N2O2. The van der Waals surface area contributed by atoms with Gasteiger partial charge >= 0.3 is 0 Å². The summed E-state index contributed by atoms with van der Waals surface area (Å²) in [5, 5.41) is 12.6. The third-order valence-electron chi connectivity index (χ3n) is 2.71. The van der Waals surface area contributed by atoms with E-state index >= 15 is 0 Å². The molecule has 0 saturated heterocycles. The van der Waals surface area contributed by atoms with Crippen LogP contribution >= 0.6 is 0 Å². The molecule has 4 heteroatoms. The van der Waals surface area contributed by atoms with Crippen molar-refractivity contribution in [2.45, 2.75) is 39.8 Å². The Morgan fingerprint density at radius 1 is 1.42 bits per heavy atom. The number of anilines is 1. The van der Waals surface area contributed by atoms with E-state index in [1.807, 2.05) is 38.1 Å². The minimum atomic E-state index is -0.703. The van der Waals surface area contributed by atoms with Gasteiger partial charge in [-0.3, -0.25) is 9.69 Å². The van der Waals surface area contributed by atoms with E-state index in [1.165, 1.54) is 6.92 Å². The molecule has 1 aromatic carbocycles. The largest absolute Gasteiger partial charge is 0.389 e. The molecule has 0 heterocycles. The second-order valence-corrected chi connectivity index (χ2v) is 5.50. The molecule has 0 spiro atoms. The summed E-state index contributed by atoms with van der Waals surface area (Å²) in [4.78, 5) is 13.2. The van der Waals surface area contributed by atoms with Gasteiger partial charge in [0, 0.05) is 25.7 Å². The van der Waals surface area contributed by atoms with Gasteiger partial charge in [0.1, 0.15) is 0 Å². The highest BCUT2D eigenvalue weighted by Gasteiger charge is 2.17. The second kappa shape index (κ2) is 6.68. The molecule has 0 radical (unpaired) electrons. The van der Waals surface area contributed by atoms with E-state index in [0.717, 1.165) is 24.3 Å². The van der Waals surface area contributed by atoms with Crippen molar-refractivity contribution in [2.75, 3.05) is 18.4 Å². The SMILES string of the molecule is CCN(Cc1cccc(NC(C)=O)c1)CC(C)(C)O. The number of nitrogens with one attached hydrogen (secondary N) is 1. The first-order chi connectivity index (χ1) is 8.80. The molecule has 2 N–H and O–H groups in total. The molecule has 1 amide bonds. The van der Waals surface area contributed by atoms with Gasteiger partial charge in [0.15, 0.2) is 0 Å². The average molecular weight is 264 g/mol. The number of rotatable bonds is 6. The fourth-order valence-corrected chi connectivity index (χ4v) is 2.04. The van der Waals surface area contributed by atoms with E-state index in [1.54, 1.807) is 0 Å². The predicted molar refractivity (Wildman–Crippen MR) is 78.0 cm³/mol. The number of carbonyl (C=O) groups excluding carboxylic acids is 1. The number of carbonyl (C=O) groups is 1. The van der Waals surface area contributed by atoms with Crippen LogP contribution < -0.4 is 5.32 Å². The van der Waals surface area contributed by atoms with Crippen LogP contribution in [0.5, 0.6) is 0 Å². The van der Waals surface area contributed by atoms with E-state index in [9.17, 15) is 9.90 Å². The first-order valence-corrected chi connectivity index (χ1v) is 6.61. The summed E-state index contributed by atoms with van der Waals surface area (Å²) < 4.78 is 0. The van der Waals surface area contributed by atoms with Crippen LogP contribution in [0.25, 0.3) is 0 Å². The third-order valence-corrected chi connectivity index (χ3v) is 2.71. The van der Waals surface area contributed by atoms with Gasteiger partial charge in [-0.05, 0) is 38.1 Å². The number of hydrogen-bond acceptors (Lipinski definition) is 3. The van der Waals surface area contributed by atoms with Gasteiger partial charge in [0.2, 0.25) is 5.91 Å². The van der Waals surface area contributed by atoms with Crippen LogP contribution in [-0.4, -0.2) is 34.6 Å². The van der Waals surface area contributed by atoms with Crippen molar-refractivity contribution in [3.63, 3.8) is 0 Å². The summed E-state index contributed by atoms with van der Waals surface area (Å²) in [6.07, 6.45) is 0. The fraction of sp³-hybridized carbons (Fsp3) is 0.533. The first kappa shape index (κ1) is 15.7. The number of nitrogens with zero attached hydrogens (tertiary/aromatic N) is 1. The molecule has 0 unspecified atom stereocenters. The topological polar surface area (TPSA) is 52.6 Å². The van der Waals surface area contributed by atoms with Crippen LogP contribution in [-0.2, 0) is 11.3 Å². The Hall–Kier alpha value is -1.39. The van der Waals surface area contributed by atoms with Crippen LogP contribution in [0.1, 0.15) is 33.3 Å². The Morgan fingerprint density at radius 2 is 2.11 bits per heavy atom. The highest BCUT2D eigenvalue weighted by Crippen LogP contribution is 2.14. The molecule has 0 aromatic heterocycles. The van der Waals surface area contributed by atoms with Gasteiger partial charge in [-0.1, -0.05) is 19.1 Å². The second-order valence-electron chi connectivity index (χ2n) is 5.50. The van der Waals surface area contributed by atoms with Crippen LogP contribution in [0.2, 0.25) is 0 Å². The lowest BCUT2D eigenvalue weighted by molar-refractivity contribution is -0.114. The van der Waals surface area contributed by atoms with Crippen LogP contribution in [0.3, 0.4) is 0 Å². The molecular weight excluding hydrogens is 240 g/mol. The van der Waals surface area contributed by atoms with Crippen LogP contribution in [0.4, 0.5) is 5.69 Å². The zero-order chi connectivity index (χ0) is 14.5. The summed E-state index contributed by atoms with van der Waals surface area (Å²) >= 11 is 0. The zero-order valence-corrected chi connectivity index (χ0v) is 12.2. The molecule has 0 aliphatic carbocycles. The predicted octanol–water partition coefficient (Wildman–Crippen LogP) is 2.24. The number of benzene rings is 1. The number of amides is 1. The van der Waals surface area contributed by atoms with Crippen molar-refractivity contribution in [3.05, 3.63) is 29.8 Å². The average Bonchev–Trinajstić information content (AvgIpc) is 2.25. The first-order valence-electron chi connectivity index (χ1n) is 6.61. The molecule has 0 saturated carbocycles. The zero-order valence-electron chi connectivity index (χ0n) is 12.2. The molecule has 0 atom stereocenters. The van der Waals surface area contributed by atoms with Gasteiger partial charge in [-0.25, -0.2) is 0 Å². The minimum Gasteiger partial charge on any atom is -0.389 e. The van der Waals surface area contributed by atoms with Crippen LogP contribution in [0, 0.1) is 0 Å². The Kier molecular flexibility index (Phi) is 5.51. The van der Waals surface area contributed by atoms with Crippen molar-refractivity contribution in [3.8, 4) is 0 Å². The van der Waals surface area contributed by atoms with Gasteiger partial charge in [-0.15, -0.1) is 0 Å². The van der Waals surface area contributed by atoms with Gasteiger partial charge in [0.25, 0.3) is 0 Å². The summed E-state index contributed by atoms with van der Waals surface area (Å²) in [6.45, 7) is 9.44. The maximum atomic E-state index is 11.0. The van der Waals surface area contributed by atoms with E-state index < -0.39 is 5.60 Å². The van der Waals surface area contributed by atoms with Crippen molar-refractivity contribution in [2.24, 2.45) is 0 Å². The highest BCUT2D eigenvalue weighted by molar-refractivity contribution is 5.88. The van der Waals surface area contributed by atoms with Gasteiger partial charge in [-0.2, -0.15) is 0 Å². The molecule has 0 bridgehead atoms. The fourth-order valence-electron chi connectivity index (χ4n) is 2.04. The molecule has 1 aromatic rings. The smallest absolute Gasteiger partial charge is 0.221 e. The van der Waals surface area contributed by atoms with E-state index in [-0.39, 0.29) is 5.91 Å². The van der Waals surface area contributed by atoms with E-state index in [2.05, 4.69) is 17.1 Å². The molecule has 19 heavy (non-hydrogen) atoms. The maximum Gasteiger partial charge on any atom is 0.221 e. The standard InChI is InChI=1S/C15H24N2O2/c1-5-17(11-15(3,4)19)10-13-7-6-8-14(9-13)16-12(2)18/h6-9,19H,5,10-11H2,1-4H3,(H,16,18). The normalized spacial score (nSPS) is 11.7. The molecule has 4 nitrogen and oxygen atoms in total. The van der Waals surface area contributed by atoms with E-state index in [4.69, 9.17) is 0 Å². The quantitative estimate of drug-likeness (QED) is 0.828. The molecule has 106 valence electrons. The number of hydrogen-bond donors (Lipinski definition) is 2. The summed E-state index contributed by atoms with van der Waals surface area (Å²) in [5.41, 5.74) is 1.23. The third kappa shape index (κ3) is 6.36. The van der Waals surface area contributed by atoms with Crippen LogP contribution in [0.15, 0.2) is 24.3 Å². The summed E-state index contributed by atoms with van der Waals surface area (Å²) in [7, 11) is 0. The maximum absolute atomic E-state index is 11.0. The lowest BCUT2D eigenvalue weighted by atomic mass is 10.1. The summed E-state index contributed by atoms with van der Waals surface area (Å²) in [6, 6.07) is 7.79. The summed E-state index contributed by atoms with van der Waals surface area (Å²) in [5.74, 6) is -0.0685. The Labute approximate surface area is 115 Å². The number of aliphatic hydroxyl groups is 1. The minimum absolute atomic E-state index is 0.0685. The molecule has 0 fully saturated rings. The molecule has 0 aliphatic heterocycles. The lowest BCUT2D eigenvalue weighted by Crippen LogP contribution is -2.38. The monoisotopic (exact) mass is 264 g/mol. The van der Waals surface area contributed by atoms with Gasteiger partial charge < -0.3 is 10.4 Å². The molecule has 1 rings (SSSR count). The van der Waals surface area contributed by atoms with Gasteiger partial charge in [0.05, 0.1) is 5.60 Å². The Bertz CT molecular complexity index is 424. The van der Waals surface area contributed by atoms with Crippen molar-refractivity contribution >= 4 is 11.6 Å².